The average Bonchev–Trinajstić information content (AvgIpc) is 2.38. The van der Waals surface area contributed by atoms with Crippen molar-refractivity contribution in [1.82, 2.24) is 0 Å². The third kappa shape index (κ3) is 3.57. The average molecular weight is 338 g/mol. The van der Waals surface area contributed by atoms with Crippen molar-refractivity contribution in [2.45, 2.75) is 13.5 Å². The number of anilines is 1. The van der Waals surface area contributed by atoms with Crippen LogP contribution in [-0.2, 0) is 11.3 Å². The normalized spacial score (nSPS) is 10.3. The highest BCUT2D eigenvalue weighted by atomic mass is 79.9. The Kier molecular flexibility index (Phi) is 4.39. The van der Waals surface area contributed by atoms with Gasteiger partial charge in [0.15, 0.2) is 0 Å². The summed E-state index contributed by atoms with van der Waals surface area (Å²) in [6.07, 6.45) is 0. The minimum Gasteiger partial charge on any atom is -0.457 e. The van der Waals surface area contributed by atoms with Crippen LogP contribution in [0.25, 0.3) is 0 Å². The predicted molar refractivity (Wildman–Crippen MR) is 78.8 cm³/mol. The Morgan fingerprint density at radius 3 is 2.75 bits per heavy atom. The molecule has 20 heavy (non-hydrogen) atoms. The summed E-state index contributed by atoms with van der Waals surface area (Å²) in [6.45, 7) is 1.71. The number of hydrogen-bond donors (Lipinski definition) is 1. The number of nitrogen functional groups attached to an aromatic ring is 1. The number of benzene rings is 2. The smallest absolute Gasteiger partial charge is 0.338 e. The van der Waals surface area contributed by atoms with Gasteiger partial charge < -0.3 is 10.5 Å². The fraction of sp³-hybridized carbons (Fsp3) is 0.133. The summed E-state index contributed by atoms with van der Waals surface area (Å²) >= 11 is 3.24. The zero-order valence-electron chi connectivity index (χ0n) is 10.8. The van der Waals surface area contributed by atoms with Gasteiger partial charge in [-0.1, -0.05) is 15.9 Å². The van der Waals surface area contributed by atoms with Gasteiger partial charge in [0.1, 0.15) is 12.4 Å². The fourth-order valence-corrected chi connectivity index (χ4v) is 2.22. The number of ether oxygens (including phenoxy) is 1. The molecule has 0 heterocycles. The lowest BCUT2D eigenvalue weighted by Gasteiger charge is -2.08. The van der Waals surface area contributed by atoms with E-state index in [1.54, 1.807) is 24.3 Å². The van der Waals surface area contributed by atoms with E-state index < -0.39 is 11.8 Å². The molecule has 2 N–H and O–H groups in total. The van der Waals surface area contributed by atoms with Gasteiger partial charge in [0.05, 0.1) is 5.56 Å². The minimum absolute atomic E-state index is 0.127. The van der Waals surface area contributed by atoms with Crippen LogP contribution in [0.2, 0.25) is 0 Å². The Morgan fingerprint density at radius 2 is 2.05 bits per heavy atom. The largest absolute Gasteiger partial charge is 0.457 e. The summed E-state index contributed by atoms with van der Waals surface area (Å²) < 4.78 is 19.3. The van der Waals surface area contributed by atoms with Crippen LogP contribution in [0.15, 0.2) is 40.9 Å². The van der Waals surface area contributed by atoms with E-state index in [0.29, 0.717) is 16.8 Å². The molecule has 0 fully saturated rings. The number of carbonyl (C=O) groups excluding carboxylic acids is 1. The van der Waals surface area contributed by atoms with Crippen molar-refractivity contribution in [2.75, 3.05) is 5.73 Å². The minimum atomic E-state index is -0.528. The Morgan fingerprint density at radius 1 is 1.30 bits per heavy atom. The summed E-state index contributed by atoms with van der Waals surface area (Å²) in [7, 11) is 0. The fourth-order valence-electron chi connectivity index (χ4n) is 1.81. The van der Waals surface area contributed by atoms with Gasteiger partial charge in [0.2, 0.25) is 0 Å². The van der Waals surface area contributed by atoms with Gasteiger partial charge >= 0.3 is 5.97 Å². The first-order chi connectivity index (χ1) is 9.45. The van der Waals surface area contributed by atoms with Crippen LogP contribution >= 0.6 is 15.9 Å². The van der Waals surface area contributed by atoms with Gasteiger partial charge in [0.25, 0.3) is 0 Å². The molecule has 2 aromatic carbocycles. The van der Waals surface area contributed by atoms with Crippen molar-refractivity contribution < 1.29 is 13.9 Å². The first kappa shape index (κ1) is 14.5. The Hall–Kier alpha value is -1.88. The van der Waals surface area contributed by atoms with Gasteiger partial charge in [-0.2, -0.15) is 0 Å². The zero-order valence-corrected chi connectivity index (χ0v) is 12.4. The monoisotopic (exact) mass is 337 g/mol. The second-order valence-electron chi connectivity index (χ2n) is 4.44. The quantitative estimate of drug-likeness (QED) is 0.683. The number of nitrogens with two attached hydrogens (primary N) is 1. The molecule has 0 aliphatic rings. The lowest BCUT2D eigenvalue weighted by Crippen LogP contribution is -2.07. The maximum atomic E-state index is 13.5. The van der Waals surface area contributed by atoms with Crippen LogP contribution in [0, 0.1) is 12.7 Å². The molecular weight excluding hydrogens is 325 g/mol. The van der Waals surface area contributed by atoms with E-state index in [0.717, 1.165) is 10.0 Å². The summed E-state index contributed by atoms with van der Waals surface area (Å²) in [4.78, 5) is 11.9. The van der Waals surface area contributed by atoms with Crippen molar-refractivity contribution in [2.24, 2.45) is 0 Å². The number of aryl methyl sites for hydroxylation is 1. The standard InChI is InChI=1S/C15H13BrFNO2/c1-9-4-10(7-13(18)5-9)15(19)20-8-11-6-12(16)2-3-14(11)17/h2-7H,8,18H2,1H3. The molecule has 104 valence electrons. The third-order valence-electron chi connectivity index (χ3n) is 2.70. The van der Waals surface area contributed by atoms with Crippen LogP contribution in [0.3, 0.4) is 0 Å². The molecule has 0 atom stereocenters. The molecule has 0 amide bonds. The molecule has 3 nitrogen and oxygen atoms in total. The van der Waals surface area contributed by atoms with E-state index in [-0.39, 0.29) is 6.61 Å². The van der Waals surface area contributed by atoms with Crippen LogP contribution in [0.1, 0.15) is 21.5 Å². The number of esters is 1. The molecule has 0 aliphatic heterocycles. The van der Waals surface area contributed by atoms with Gasteiger partial charge in [-0.25, -0.2) is 9.18 Å². The highest BCUT2D eigenvalue weighted by Gasteiger charge is 2.11. The van der Waals surface area contributed by atoms with E-state index in [1.807, 2.05) is 6.92 Å². The molecule has 0 aliphatic carbocycles. The Balaban J connectivity index is 2.10. The van der Waals surface area contributed by atoms with Crippen molar-refractivity contribution in [3.8, 4) is 0 Å². The highest BCUT2D eigenvalue weighted by Crippen LogP contribution is 2.18. The lowest BCUT2D eigenvalue weighted by atomic mass is 10.1. The van der Waals surface area contributed by atoms with Crippen LogP contribution < -0.4 is 5.73 Å². The van der Waals surface area contributed by atoms with Crippen molar-refractivity contribution >= 4 is 27.6 Å². The molecule has 2 aromatic rings. The summed E-state index contributed by atoms with van der Waals surface area (Å²) in [5.41, 5.74) is 7.70. The molecule has 0 saturated carbocycles. The SMILES string of the molecule is Cc1cc(N)cc(C(=O)OCc2cc(Br)ccc2F)c1. The summed E-state index contributed by atoms with van der Waals surface area (Å²) in [6, 6.07) is 9.44. The van der Waals surface area contributed by atoms with Gasteiger partial charge in [-0.05, 0) is 48.9 Å². The number of halogens is 2. The maximum Gasteiger partial charge on any atom is 0.338 e. The van der Waals surface area contributed by atoms with E-state index in [4.69, 9.17) is 10.5 Å². The van der Waals surface area contributed by atoms with E-state index in [1.165, 1.54) is 12.1 Å². The van der Waals surface area contributed by atoms with Gasteiger partial charge in [0, 0.05) is 15.7 Å². The first-order valence-electron chi connectivity index (χ1n) is 5.94. The maximum absolute atomic E-state index is 13.5. The topological polar surface area (TPSA) is 52.3 Å². The molecule has 0 saturated heterocycles. The van der Waals surface area contributed by atoms with Crippen molar-refractivity contribution in [3.63, 3.8) is 0 Å². The Labute approximate surface area is 124 Å². The van der Waals surface area contributed by atoms with Crippen LogP contribution in [0.4, 0.5) is 10.1 Å². The van der Waals surface area contributed by atoms with Gasteiger partial charge in [-0.3, -0.25) is 0 Å². The van der Waals surface area contributed by atoms with E-state index in [2.05, 4.69) is 15.9 Å². The molecule has 0 aromatic heterocycles. The number of hydrogen-bond acceptors (Lipinski definition) is 3. The second-order valence-corrected chi connectivity index (χ2v) is 5.36. The molecule has 5 heteroatoms. The van der Waals surface area contributed by atoms with E-state index in [9.17, 15) is 9.18 Å². The molecular formula is C15H13BrFNO2. The Bertz CT molecular complexity index is 638. The molecule has 0 bridgehead atoms. The van der Waals surface area contributed by atoms with Crippen LogP contribution in [0.5, 0.6) is 0 Å². The van der Waals surface area contributed by atoms with Crippen molar-refractivity contribution in [1.29, 1.82) is 0 Å². The number of rotatable bonds is 3. The zero-order chi connectivity index (χ0) is 14.7. The second kappa shape index (κ2) is 6.05. The predicted octanol–water partition coefficient (Wildman–Crippen LogP) is 3.84. The summed E-state index contributed by atoms with van der Waals surface area (Å²) in [5.74, 6) is -0.940. The molecule has 0 radical (unpaired) electrons. The highest BCUT2D eigenvalue weighted by molar-refractivity contribution is 9.10. The van der Waals surface area contributed by atoms with Crippen LogP contribution in [-0.4, -0.2) is 5.97 Å². The molecule has 0 unspecified atom stereocenters. The van der Waals surface area contributed by atoms with E-state index >= 15 is 0 Å². The van der Waals surface area contributed by atoms with Gasteiger partial charge in [-0.15, -0.1) is 0 Å². The summed E-state index contributed by atoms with van der Waals surface area (Å²) in [5, 5.41) is 0. The number of carbonyl (C=O) groups is 1. The van der Waals surface area contributed by atoms with Crippen molar-refractivity contribution in [3.05, 3.63) is 63.4 Å². The molecule has 0 spiro atoms. The third-order valence-corrected chi connectivity index (χ3v) is 3.20. The molecule has 2 rings (SSSR count). The first-order valence-corrected chi connectivity index (χ1v) is 6.73. The lowest BCUT2D eigenvalue weighted by molar-refractivity contribution is 0.0469.